The van der Waals surface area contributed by atoms with Crippen molar-refractivity contribution in [2.45, 2.75) is 37.8 Å². The number of piperidine rings is 1. The zero-order valence-corrected chi connectivity index (χ0v) is 12.4. The van der Waals surface area contributed by atoms with Crippen LogP contribution in [0.3, 0.4) is 0 Å². The van der Waals surface area contributed by atoms with Crippen molar-refractivity contribution in [3.63, 3.8) is 0 Å². The van der Waals surface area contributed by atoms with Crippen molar-refractivity contribution in [3.8, 4) is 0 Å². The molecule has 2 unspecified atom stereocenters. The minimum atomic E-state index is 0.805. The lowest BCUT2D eigenvalue weighted by molar-refractivity contribution is 0.139. The first kappa shape index (κ1) is 12.4. The molecule has 1 aromatic rings. The van der Waals surface area contributed by atoms with Gasteiger partial charge < -0.3 is 10.2 Å². The van der Waals surface area contributed by atoms with Crippen molar-refractivity contribution in [2.24, 2.45) is 5.92 Å². The van der Waals surface area contributed by atoms with E-state index in [4.69, 9.17) is 0 Å². The maximum atomic E-state index is 4.42. The molecular weight excluding hydrogens is 290 g/mol. The van der Waals surface area contributed by atoms with Crippen LogP contribution in [-0.2, 0) is 0 Å². The molecule has 2 fully saturated rings. The SMILES string of the molecule is CN1C2CCC1CC(CNc1cccc(Br)n1)C2. The van der Waals surface area contributed by atoms with E-state index in [1.54, 1.807) is 0 Å². The van der Waals surface area contributed by atoms with Crippen LogP contribution in [0, 0.1) is 5.92 Å². The van der Waals surface area contributed by atoms with Crippen LogP contribution in [-0.4, -0.2) is 35.6 Å². The zero-order valence-electron chi connectivity index (χ0n) is 10.8. The molecule has 2 atom stereocenters. The molecule has 3 rings (SSSR count). The number of fused-ring (bicyclic) bond motifs is 2. The van der Waals surface area contributed by atoms with Crippen LogP contribution in [0.2, 0.25) is 0 Å². The second-order valence-electron chi connectivity index (χ2n) is 5.61. The lowest BCUT2D eigenvalue weighted by atomic mass is 9.91. The highest BCUT2D eigenvalue weighted by Crippen LogP contribution is 2.37. The standard InChI is InChI=1S/C14H20BrN3/c1-18-11-5-6-12(18)8-10(7-11)9-16-14-4-2-3-13(15)17-14/h2-4,10-12H,5-9H2,1H3,(H,16,17). The highest BCUT2D eigenvalue weighted by molar-refractivity contribution is 9.10. The molecular formula is C14H20BrN3. The van der Waals surface area contributed by atoms with E-state index < -0.39 is 0 Å². The molecule has 3 nitrogen and oxygen atoms in total. The van der Waals surface area contributed by atoms with E-state index in [1.165, 1.54) is 25.7 Å². The number of rotatable bonds is 3. The first-order valence-corrected chi connectivity index (χ1v) is 7.60. The predicted molar refractivity (Wildman–Crippen MR) is 77.7 cm³/mol. The summed E-state index contributed by atoms with van der Waals surface area (Å²) in [5.74, 6) is 1.79. The summed E-state index contributed by atoms with van der Waals surface area (Å²) in [6, 6.07) is 7.67. The Balaban J connectivity index is 1.55. The van der Waals surface area contributed by atoms with E-state index in [0.717, 1.165) is 35.0 Å². The number of pyridine rings is 1. The van der Waals surface area contributed by atoms with Crippen LogP contribution in [0.5, 0.6) is 0 Å². The van der Waals surface area contributed by atoms with E-state index in [2.05, 4.69) is 38.2 Å². The Kier molecular flexibility index (Phi) is 3.57. The topological polar surface area (TPSA) is 28.2 Å². The van der Waals surface area contributed by atoms with Crippen molar-refractivity contribution in [2.75, 3.05) is 18.9 Å². The van der Waals surface area contributed by atoms with Gasteiger partial charge in [0.25, 0.3) is 0 Å². The van der Waals surface area contributed by atoms with Crippen molar-refractivity contribution < 1.29 is 0 Å². The van der Waals surface area contributed by atoms with Gasteiger partial charge in [-0.25, -0.2) is 4.98 Å². The summed E-state index contributed by atoms with van der Waals surface area (Å²) < 4.78 is 0.899. The Morgan fingerprint density at radius 2 is 2.06 bits per heavy atom. The fourth-order valence-electron chi connectivity index (χ4n) is 3.45. The Labute approximate surface area is 117 Å². The number of aromatic nitrogens is 1. The Morgan fingerprint density at radius 1 is 1.33 bits per heavy atom. The summed E-state index contributed by atoms with van der Waals surface area (Å²) in [5.41, 5.74) is 0. The van der Waals surface area contributed by atoms with Crippen LogP contribution in [0.1, 0.15) is 25.7 Å². The molecule has 0 aliphatic carbocycles. The number of nitrogens with zero attached hydrogens (tertiary/aromatic N) is 2. The molecule has 2 aliphatic rings. The van der Waals surface area contributed by atoms with E-state index in [-0.39, 0.29) is 0 Å². The first-order valence-electron chi connectivity index (χ1n) is 6.81. The number of halogens is 1. The molecule has 3 heterocycles. The molecule has 1 N–H and O–H groups in total. The zero-order chi connectivity index (χ0) is 12.5. The molecule has 0 saturated carbocycles. The molecule has 18 heavy (non-hydrogen) atoms. The lowest BCUT2D eigenvalue weighted by Gasteiger charge is -2.36. The quantitative estimate of drug-likeness (QED) is 0.870. The second kappa shape index (κ2) is 5.17. The second-order valence-corrected chi connectivity index (χ2v) is 6.43. The molecule has 0 radical (unpaired) electrons. The molecule has 98 valence electrons. The van der Waals surface area contributed by atoms with Crippen LogP contribution in [0.25, 0.3) is 0 Å². The van der Waals surface area contributed by atoms with E-state index >= 15 is 0 Å². The molecule has 2 saturated heterocycles. The van der Waals surface area contributed by atoms with E-state index in [9.17, 15) is 0 Å². The third kappa shape index (κ3) is 2.54. The van der Waals surface area contributed by atoms with Crippen molar-refractivity contribution in [3.05, 3.63) is 22.8 Å². The number of nitrogens with one attached hydrogen (secondary N) is 1. The summed E-state index contributed by atoms with van der Waals surface area (Å²) >= 11 is 3.41. The van der Waals surface area contributed by atoms with Gasteiger partial charge in [0.15, 0.2) is 0 Å². The van der Waals surface area contributed by atoms with Gasteiger partial charge in [-0.1, -0.05) is 6.07 Å². The monoisotopic (exact) mass is 309 g/mol. The molecule has 4 heteroatoms. The first-order chi connectivity index (χ1) is 8.72. The maximum Gasteiger partial charge on any atom is 0.127 e. The van der Waals surface area contributed by atoms with Crippen molar-refractivity contribution in [1.82, 2.24) is 9.88 Å². The molecule has 1 aromatic heterocycles. The highest BCUT2D eigenvalue weighted by atomic mass is 79.9. The van der Waals surface area contributed by atoms with Gasteiger partial charge in [-0.15, -0.1) is 0 Å². The number of anilines is 1. The van der Waals surface area contributed by atoms with Gasteiger partial charge in [0.2, 0.25) is 0 Å². The lowest BCUT2D eigenvalue weighted by Crippen LogP contribution is -2.41. The Hall–Kier alpha value is -0.610. The molecule has 2 bridgehead atoms. The smallest absolute Gasteiger partial charge is 0.127 e. The van der Waals surface area contributed by atoms with Gasteiger partial charge in [-0.3, -0.25) is 0 Å². The van der Waals surface area contributed by atoms with Crippen molar-refractivity contribution in [1.29, 1.82) is 0 Å². The van der Waals surface area contributed by atoms with Gasteiger partial charge in [0.05, 0.1) is 0 Å². The predicted octanol–water partition coefficient (Wildman–Crippen LogP) is 3.13. The minimum Gasteiger partial charge on any atom is -0.370 e. The third-order valence-electron chi connectivity index (χ3n) is 4.48. The summed E-state index contributed by atoms with van der Waals surface area (Å²) in [7, 11) is 2.29. The van der Waals surface area contributed by atoms with Crippen LogP contribution in [0.4, 0.5) is 5.82 Å². The summed E-state index contributed by atoms with van der Waals surface area (Å²) in [6.45, 7) is 1.06. The summed E-state index contributed by atoms with van der Waals surface area (Å²) in [6.07, 6.45) is 5.47. The summed E-state index contributed by atoms with van der Waals surface area (Å²) in [5, 5.41) is 3.48. The maximum absolute atomic E-state index is 4.42. The van der Waals surface area contributed by atoms with E-state index in [0.29, 0.717) is 0 Å². The average molecular weight is 310 g/mol. The number of hydrogen-bond donors (Lipinski definition) is 1. The van der Waals surface area contributed by atoms with Gasteiger partial charge in [0.1, 0.15) is 10.4 Å². The van der Waals surface area contributed by atoms with Crippen molar-refractivity contribution >= 4 is 21.7 Å². The fourth-order valence-corrected chi connectivity index (χ4v) is 3.79. The fraction of sp³-hybridized carbons (Fsp3) is 0.643. The average Bonchev–Trinajstić information content (AvgIpc) is 2.60. The molecule has 2 aliphatic heterocycles. The summed E-state index contributed by atoms with van der Waals surface area (Å²) in [4.78, 5) is 7.01. The van der Waals surface area contributed by atoms with Crippen LogP contribution < -0.4 is 5.32 Å². The third-order valence-corrected chi connectivity index (χ3v) is 4.92. The van der Waals surface area contributed by atoms with Gasteiger partial charge in [0, 0.05) is 18.6 Å². The molecule has 0 spiro atoms. The normalized spacial score (nSPS) is 31.6. The molecule has 0 aromatic carbocycles. The largest absolute Gasteiger partial charge is 0.370 e. The van der Waals surface area contributed by atoms with E-state index in [1.807, 2.05) is 18.2 Å². The van der Waals surface area contributed by atoms with Crippen LogP contribution in [0.15, 0.2) is 22.8 Å². The number of hydrogen-bond acceptors (Lipinski definition) is 3. The highest BCUT2D eigenvalue weighted by Gasteiger charge is 2.38. The molecule has 0 amide bonds. The Morgan fingerprint density at radius 3 is 2.72 bits per heavy atom. The van der Waals surface area contributed by atoms with Crippen LogP contribution >= 0.6 is 15.9 Å². The Bertz CT molecular complexity index is 409. The van der Waals surface area contributed by atoms with Gasteiger partial charge >= 0.3 is 0 Å². The van der Waals surface area contributed by atoms with Gasteiger partial charge in [-0.2, -0.15) is 0 Å². The van der Waals surface area contributed by atoms with Gasteiger partial charge in [-0.05, 0) is 66.7 Å². The minimum absolute atomic E-state index is 0.805.